The number of aryl methyl sites for hydroxylation is 1. The van der Waals surface area contributed by atoms with E-state index in [2.05, 4.69) is 0 Å². The van der Waals surface area contributed by atoms with Crippen LogP contribution in [0.15, 0.2) is 47.4 Å². The largest absolute Gasteiger partial charge is 0.397 e. The van der Waals surface area contributed by atoms with Gasteiger partial charge in [0, 0.05) is 19.0 Å². The highest BCUT2D eigenvalue weighted by Gasteiger charge is 2.13. The molecular formula is C15H18N2O2S. The van der Waals surface area contributed by atoms with Crippen molar-refractivity contribution in [2.45, 2.75) is 11.8 Å². The summed E-state index contributed by atoms with van der Waals surface area (Å²) in [6.07, 6.45) is 1.17. The van der Waals surface area contributed by atoms with Crippen LogP contribution >= 0.6 is 0 Å². The summed E-state index contributed by atoms with van der Waals surface area (Å²) in [5, 5.41) is 0. The lowest BCUT2D eigenvalue weighted by molar-refractivity contribution is 0.602. The van der Waals surface area contributed by atoms with Gasteiger partial charge in [0.05, 0.1) is 16.3 Å². The number of rotatable bonds is 3. The van der Waals surface area contributed by atoms with Gasteiger partial charge in [0.15, 0.2) is 9.84 Å². The Morgan fingerprint density at radius 1 is 1.05 bits per heavy atom. The van der Waals surface area contributed by atoms with Crippen molar-refractivity contribution in [3.63, 3.8) is 0 Å². The molecule has 0 aliphatic rings. The molecule has 2 aromatic carbocycles. The smallest absolute Gasteiger partial charge is 0.175 e. The lowest BCUT2D eigenvalue weighted by Gasteiger charge is -2.23. The number of hydrogen-bond acceptors (Lipinski definition) is 4. The highest BCUT2D eigenvalue weighted by molar-refractivity contribution is 7.90. The monoisotopic (exact) mass is 290 g/mol. The zero-order chi connectivity index (χ0) is 14.9. The Balaban J connectivity index is 2.47. The van der Waals surface area contributed by atoms with Gasteiger partial charge < -0.3 is 10.6 Å². The van der Waals surface area contributed by atoms with Gasteiger partial charge in [-0.05, 0) is 36.8 Å². The Labute approximate surface area is 119 Å². The predicted octanol–water partition coefficient (Wildman–Crippen LogP) is 2.75. The van der Waals surface area contributed by atoms with Crippen LogP contribution < -0.4 is 10.6 Å². The van der Waals surface area contributed by atoms with Crippen molar-refractivity contribution in [3.8, 4) is 0 Å². The van der Waals surface area contributed by atoms with Crippen LogP contribution in [0.3, 0.4) is 0 Å². The third kappa shape index (κ3) is 2.77. The number of para-hydroxylation sites is 1. The first-order chi connectivity index (χ1) is 9.30. The Morgan fingerprint density at radius 2 is 1.70 bits per heavy atom. The zero-order valence-electron chi connectivity index (χ0n) is 11.8. The van der Waals surface area contributed by atoms with E-state index >= 15 is 0 Å². The topological polar surface area (TPSA) is 63.4 Å². The minimum absolute atomic E-state index is 0.233. The van der Waals surface area contributed by atoms with Gasteiger partial charge >= 0.3 is 0 Å². The van der Waals surface area contributed by atoms with Gasteiger partial charge in [-0.1, -0.05) is 18.2 Å². The molecule has 0 atom stereocenters. The summed E-state index contributed by atoms with van der Waals surface area (Å²) in [6, 6.07) is 12.8. The van der Waals surface area contributed by atoms with Gasteiger partial charge in [-0.2, -0.15) is 0 Å². The molecule has 2 rings (SSSR count). The summed E-state index contributed by atoms with van der Waals surface area (Å²) in [6.45, 7) is 2.02. The number of anilines is 3. The molecule has 0 heterocycles. The van der Waals surface area contributed by atoms with Gasteiger partial charge in [-0.25, -0.2) is 8.42 Å². The second kappa shape index (κ2) is 5.17. The number of sulfone groups is 1. The lowest BCUT2D eigenvalue weighted by atomic mass is 10.1. The standard InChI is InChI=1S/C15H18N2O2S/c1-11-6-4-5-7-14(11)17(2)15-9-8-12(10-13(15)16)20(3,18)19/h4-10H,16H2,1-3H3. The molecule has 2 aromatic rings. The zero-order valence-corrected chi connectivity index (χ0v) is 12.6. The van der Waals surface area contributed by atoms with E-state index in [1.165, 1.54) is 12.3 Å². The number of nitrogens with two attached hydrogens (primary N) is 1. The number of nitrogen functional groups attached to an aromatic ring is 1. The lowest BCUT2D eigenvalue weighted by Crippen LogP contribution is -2.13. The van der Waals surface area contributed by atoms with Crippen molar-refractivity contribution in [1.29, 1.82) is 0 Å². The number of nitrogens with zero attached hydrogens (tertiary/aromatic N) is 1. The molecule has 5 heteroatoms. The maximum Gasteiger partial charge on any atom is 0.175 e. The molecule has 0 aliphatic carbocycles. The maximum absolute atomic E-state index is 11.5. The predicted molar refractivity (Wildman–Crippen MR) is 83.2 cm³/mol. The Kier molecular flexibility index (Phi) is 3.72. The number of hydrogen-bond donors (Lipinski definition) is 1. The van der Waals surface area contributed by atoms with E-state index in [1.54, 1.807) is 12.1 Å². The van der Waals surface area contributed by atoms with E-state index in [0.717, 1.165) is 16.9 Å². The molecule has 0 spiro atoms. The van der Waals surface area contributed by atoms with Crippen LogP contribution in [-0.2, 0) is 9.84 Å². The summed E-state index contributed by atoms with van der Waals surface area (Å²) in [5.74, 6) is 0. The van der Waals surface area contributed by atoms with Gasteiger partial charge in [-0.15, -0.1) is 0 Å². The summed E-state index contributed by atoms with van der Waals surface area (Å²) in [7, 11) is -1.33. The minimum Gasteiger partial charge on any atom is -0.397 e. The van der Waals surface area contributed by atoms with Crippen molar-refractivity contribution in [2.75, 3.05) is 23.9 Å². The number of benzene rings is 2. The molecule has 0 saturated heterocycles. The van der Waals surface area contributed by atoms with Crippen LogP contribution in [0.25, 0.3) is 0 Å². The Bertz CT molecular complexity index is 739. The molecule has 0 bridgehead atoms. The molecular weight excluding hydrogens is 272 g/mol. The fourth-order valence-corrected chi connectivity index (χ4v) is 2.79. The van der Waals surface area contributed by atoms with Crippen LogP contribution in [-0.4, -0.2) is 21.7 Å². The van der Waals surface area contributed by atoms with Crippen LogP contribution in [0.1, 0.15) is 5.56 Å². The van der Waals surface area contributed by atoms with Crippen LogP contribution in [0, 0.1) is 6.92 Å². The second-order valence-electron chi connectivity index (χ2n) is 4.84. The maximum atomic E-state index is 11.5. The van der Waals surface area contributed by atoms with Gasteiger partial charge in [-0.3, -0.25) is 0 Å². The van der Waals surface area contributed by atoms with Crippen molar-refractivity contribution in [1.82, 2.24) is 0 Å². The average molecular weight is 290 g/mol. The molecule has 4 nitrogen and oxygen atoms in total. The average Bonchev–Trinajstić information content (AvgIpc) is 2.37. The first-order valence-electron chi connectivity index (χ1n) is 6.19. The van der Waals surface area contributed by atoms with Crippen molar-refractivity contribution >= 4 is 26.9 Å². The van der Waals surface area contributed by atoms with E-state index in [9.17, 15) is 8.42 Å². The molecule has 0 fully saturated rings. The SMILES string of the molecule is Cc1ccccc1N(C)c1ccc(S(C)(=O)=O)cc1N. The minimum atomic E-state index is -3.24. The fourth-order valence-electron chi connectivity index (χ4n) is 2.14. The molecule has 0 aromatic heterocycles. The summed E-state index contributed by atoms with van der Waals surface area (Å²) in [4.78, 5) is 2.19. The van der Waals surface area contributed by atoms with Gasteiger partial charge in [0.1, 0.15) is 0 Å². The Morgan fingerprint density at radius 3 is 2.25 bits per heavy atom. The highest BCUT2D eigenvalue weighted by Crippen LogP contribution is 2.32. The normalized spacial score (nSPS) is 11.3. The summed E-state index contributed by atoms with van der Waals surface area (Å²) in [5.41, 5.74) is 9.39. The first kappa shape index (κ1) is 14.4. The summed E-state index contributed by atoms with van der Waals surface area (Å²) < 4.78 is 23.0. The van der Waals surface area contributed by atoms with E-state index in [4.69, 9.17) is 5.73 Å². The molecule has 106 valence electrons. The van der Waals surface area contributed by atoms with Gasteiger partial charge in [0.25, 0.3) is 0 Å². The van der Waals surface area contributed by atoms with E-state index in [0.29, 0.717) is 5.69 Å². The van der Waals surface area contributed by atoms with Crippen LogP contribution in [0.4, 0.5) is 17.1 Å². The second-order valence-corrected chi connectivity index (χ2v) is 6.85. The Hall–Kier alpha value is -2.01. The van der Waals surface area contributed by atoms with E-state index in [-0.39, 0.29) is 4.90 Å². The molecule has 0 saturated carbocycles. The van der Waals surface area contributed by atoms with Crippen LogP contribution in [0.5, 0.6) is 0 Å². The molecule has 0 amide bonds. The third-order valence-electron chi connectivity index (χ3n) is 3.27. The molecule has 0 aliphatic heterocycles. The third-order valence-corrected chi connectivity index (χ3v) is 4.38. The molecule has 20 heavy (non-hydrogen) atoms. The van der Waals surface area contributed by atoms with Crippen molar-refractivity contribution in [3.05, 3.63) is 48.0 Å². The molecule has 0 radical (unpaired) electrons. The van der Waals surface area contributed by atoms with Crippen LogP contribution in [0.2, 0.25) is 0 Å². The quantitative estimate of drug-likeness (QED) is 0.883. The first-order valence-corrected chi connectivity index (χ1v) is 8.09. The highest BCUT2D eigenvalue weighted by atomic mass is 32.2. The van der Waals surface area contributed by atoms with Crippen molar-refractivity contribution in [2.24, 2.45) is 0 Å². The van der Waals surface area contributed by atoms with Gasteiger partial charge in [0.2, 0.25) is 0 Å². The summed E-state index contributed by atoms with van der Waals surface area (Å²) >= 11 is 0. The van der Waals surface area contributed by atoms with E-state index < -0.39 is 9.84 Å². The van der Waals surface area contributed by atoms with Crippen molar-refractivity contribution < 1.29 is 8.42 Å². The fraction of sp³-hybridized carbons (Fsp3) is 0.200. The molecule has 2 N–H and O–H groups in total. The molecule has 0 unspecified atom stereocenters. The van der Waals surface area contributed by atoms with E-state index in [1.807, 2.05) is 43.1 Å².